The largest absolute Gasteiger partial charge is 0.130 e. The maximum Gasteiger partial charge on any atom is 0.0847 e. The summed E-state index contributed by atoms with van der Waals surface area (Å²) in [4.78, 5) is 1.26. The Morgan fingerprint density at radius 1 is 0.944 bits per heavy atom. The zero-order chi connectivity index (χ0) is 12.5. The Bertz CT molecular complexity index is 616. The fourth-order valence-corrected chi connectivity index (χ4v) is 3.13. The average molecular weight is 273 g/mol. The van der Waals surface area contributed by atoms with Crippen molar-refractivity contribution in [3.63, 3.8) is 0 Å². The minimum atomic E-state index is -0.0710. The highest BCUT2D eigenvalue weighted by Gasteiger charge is 2.19. The first-order chi connectivity index (χ1) is 8.79. The fraction of sp³-hybridized carbons (Fsp3) is 0.125. The van der Waals surface area contributed by atoms with Crippen molar-refractivity contribution >= 4 is 35.5 Å². The molecule has 0 nitrogen and oxygen atoms in total. The van der Waals surface area contributed by atoms with Crippen LogP contribution in [0.25, 0.3) is 12.2 Å². The molecule has 0 unspecified atom stereocenters. The molecule has 2 aromatic rings. The van der Waals surface area contributed by atoms with Gasteiger partial charge in [0.25, 0.3) is 0 Å². The van der Waals surface area contributed by atoms with Crippen molar-refractivity contribution in [2.24, 2.45) is 0 Å². The summed E-state index contributed by atoms with van der Waals surface area (Å²) >= 11 is 8.41. The van der Waals surface area contributed by atoms with Crippen LogP contribution in [0.2, 0.25) is 0 Å². The van der Waals surface area contributed by atoms with Crippen LogP contribution in [0.15, 0.2) is 47.4 Å². The Kier molecular flexibility index (Phi) is 3.19. The van der Waals surface area contributed by atoms with Crippen molar-refractivity contribution < 1.29 is 0 Å². The third-order valence-corrected chi connectivity index (χ3v) is 4.47. The van der Waals surface area contributed by atoms with E-state index in [4.69, 9.17) is 11.6 Å². The number of hydrogen-bond donors (Lipinski definition) is 0. The summed E-state index contributed by atoms with van der Waals surface area (Å²) in [6.45, 7) is 0. The van der Waals surface area contributed by atoms with Crippen molar-refractivity contribution in [3.8, 4) is 0 Å². The second kappa shape index (κ2) is 4.83. The van der Waals surface area contributed by atoms with Crippen molar-refractivity contribution in [2.75, 3.05) is 6.26 Å². The average Bonchev–Trinajstić information content (AvgIpc) is 2.57. The summed E-state index contributed by atoms with van der Waals surface area (Å²) in [6, 6.07) is 14.8. The molecule has 2 heteroatoms. The van der Waals surface area contributed by atoms with E-state index in [2.05, 4.69) is 54.8 Å². The van der Waals surface area contributed by atoms with E-state index in [1.54, 1.807) is 11.8 Å². The van der Waals surface area contributed by atoms with Crippen LogP contribution in [0.3, 0.4) is 0 Å². The van der Waals surface area contributed by atoms with E-state index < -0.39 is 0 Å². The van der Waals surface area contributed by atoms with E-state index in [1.807, 2.05) is 6.07 Å². The minimum absolute atomic E-state index is 0.0710. The number of hydrogen-bond acceptors (Lipinski definition) is 1. The van der Waals surface area contributed by atoms with Gasteiger partial charge in [-0.15, -0.1) is 23.4 Å². The van der Waals surface area contributed by atoms with Crippen LogP contribution < -0.4 is 0 Å². The van der Waals surface area contributed by atoms with Gasteiger partial charge in [-0.2, -0.15) is 0 Å². The summed E-state index contributed by atoms with van der Waals surface area (Å²) in [5.41, 5.74) is 4.81. The summed E-state index contributed by atoms with van der Waals surface area (Å²) in [5, 5.41) is -0.0710. The molecule has 0 N–H and O–H groups in total. The van der Waals surface area contributed by atoms with Gasteiger partial charge in [-0.25, -0.2) is 0 Å². The number of alkyl halides is 1. The van der Waals surface area contributed by atoms with Gasteiger partial charge in [0.05, 0.1) is 5.38 Å². The number of benzene rings is 2. The van der Waals surface area contributed by atoms with Crippen LogP contribution in [-0.4, -0.2) is 6.26 Å². The maximum atomic E-state index is 6.66. The molecule has 0 heterocycles. The lowest BCUT2D eigenvalue weighted by Gasteiger charge is -2.14. The Hall–Kier alpha value is -1.18. The second-order valence-electron chi connectivity index (χ2n) is 4.32. The van der Waals surface area contributed by atoms with Crippen molar-refractivity contribution in [1.82, 2.24) is 0 Å². The zero-order valence-corrected chi connectivity index (χ0v) is 11.6. The molecule has 90 valence electrons. The lowest BCUT2D eigenvalue weighted by molar-refractivity contribution is 1.12. The van der Waals surface area contributed by atoms with Crippen molar-refractivity contribution in [1.29, 1.82) is 0 Å². The van der Waals surface area contributed by atoms with E-state index in [-0.39, 0.29) is 5.38 Å². The van der Waals surface area contributed by atoms with E-state index in [0.717, 1.165) is 0 Å². The van der Waals surface area contributed by atoms with Gasteiger partial charge in [-0.05, 0) is 40.6 Å². The predicted octanol–water partition coefficient (Wildman–Crippen LogP) is 5.22. The molecule has 3 rings (SSSR count). The van der Waals surface area contributed by atoms with Crippen molar-refractivity contribution in [3.05, 3.63) is 64.7 Å². The maximum absolute atomic E-state index is 6.66. The second-order valence-corrected chi connectivity index (χ2v) is 5.64. The van der Waals surface area contributed by atoms with Gasteiger partial charge in [0.1, 0.15) is 0 Å². The highest BCUT2D eigenvalue weighted by atomic mass is 35.5. The van der Waals surface area contributed by atoms with Crippen LogP contribution in [0.4, 0.5) is 0 Å². The molecule has 1 aliphatic rings. The Morgan fingerprint density at radius 3 is 2.44 bits per heavy atom. The highest BCUT2D eigenvalue weighted by molar-refractivity contribution is 7.98. The Labute approximate surface area is 117 Å². The summed E-state index contributed by atoms with van der Waals surface area (Å²) in [7, 11) is 0. The van der Waals surface area contributed by atoms with Gasteiger partial charge in [-0.3, -0.25) is 0 Å². The van der Waals surface area contributed by atoms with Gasteiger partial charge < -0.3 is 0 Å². The number of fused-ring (bicyclic) bond motifs is 2. The molecule has 0 amide bonds. The van der Waals surface area contributed by atoms with Gasteiger partial charge in [0.15, 0.2) is 0 Å². The third-order valence-electron chi connectivity index (χ3n) is 3.28. The zero-order valence-electron chi connectivity index (χ0n) is 10.1. The number of thioether (sulfide) groups is 1. The van der Waals surface area contributed by atoms with Gasteiger partial charge in [0, 0.05) is 4.90 Å². The molecule has 0 bridgehead atoms. The van der Waals surface area contributed by atoms with E-state index in [9.17, 15) is 0 Å². The third kappa shape index (κ3) is 1.98. The Morgan fingerprint density at radius 2 is 1.67 bits per heavy atom. The standard InChI is InChI=1S/C16H13ClS/c1-18-13-9-8-12-7-6-11-4-2-3-5-14(11)16(17)15(12)10-13/h2-10,16H,1H3/t16-/m0/s1. The molecule has 18 heavy (non-hydrogen) atoms. The van der Waals surface area contributed by atoms with E-state index >= 15 is 0 Å². The molecule has 0 saturated heterocycles. The van der Waals surface area contributed by atoms with Gasteiger partial charge >= 0.3 is 0 Å². The first kappa shape index (κ1) is 11.9. The fourth-order valence-electron chi connectivity index (χ4n) is 2.29. The normalized spacial score (nSPS) is 16.9. The summed E-state index contributed by atoms with van der Waals surface area (Å²) in [5.74, 6) is 0. The number of rotatable bonds is 1. The topological polar surface area (TPSA) is 0 Å². The molecule has 1 atom stereocenters. The lowest BCUT2D eigenvalue weighted by atomic mass is 9.99. The molecule has 0 saturated carbocycles. The van der Waals surface area contributed by atoms with Crippen molar-refractivity contribution in [2.45, 2.75) is 10.3 Å². The quantitative estimate of drug-likeness (QED) is 0.507. The molecule has 0 spiro atoms. The van der Waals surface area contributed by atoms with E-state index in [0.29, 0.717) is 0 Å². The SMILES string of the molecule is CSc1ccc2c(c1)[C@@H](Cl)c1ccccc1C=C2. The molecular formula is C16H13ClS. The summed E-state index contributed by atoms with van der Waals surface area (Å²) in [6.07, 6.45) is 6.39. The van der Waals surface area contributed by atoms with Gasteiger partial charge in [-0.1, -0.05) is 42.5 Å². The van der Waals surface area contributed by atoms with E-state index in [1.165, 1.54) is 27.1 Å². The molecule has 1 aliphatic carbocycles. The van der Waals surface area contributed by atoms with Gasteiger partial charge in [0.2, 0.25) is 0 Å². The lowest BCUT2D eigenvalue weighted by Crippen LogP contribution is -1.96. The molecule has 0 aliphatic heterocycles. The highest BCUT2D eigenvalue weighted by Crippen LogP contribution is 2.38. The molecule has 0 aromatic heterocycles. The van der Waals surface area contributed by atoms with Crippen LogP contribution in [-0.2, 0) is 0 Å². The van der Waals surface area contributed by atoms with Crippen LogP contribution in [0, 0.1) is 0 Å². The Balaban J connectivity index is 2.20. The summed E-state index contributed by atoms with van der Waals surface area (Å²) < 4.78 is 0. The first-order valence-corrected chi connectivity index (χ1v) is 7.55. The molecular weight excluding hydrogens is 260 g/mol. The monoisotopic (exact) mass is 272 g/mol. The molecule has 2 aromatic carbocycles. The smallest absolute Gasteiger partial charge is 0.0847 e. The molecule has 0 radical (unpaired) electrons. The molecule has 0 fully saturated rings. The minimum Gasteiger partial charge on any atom is -0.130 e. The predicted molar refractivity (Wildman–Crippen MR) is 81.3 cm³/mol. The number of halogens is 1. The van der Waals surface area contributed by atoms with Crippen LogP contribution in [0.1, 0.15) is 27.6 Å². The van der Waals surface area contributed by atoms with Crippen LogP contribution in [0.5, 0.6) is 0 Å². The van der Waals surface area contributed by atoms with Crippen LogP contribution >= 0.6 is 23.4 Å². The first-order valence-electron chi connectivity index (χ1n) is 5.88.